The molecule has 2 aromatic rings. The van der Waals surface area contributed by atoms with E-state index in [9.17, 15) is 0 Å². The molecule has 1 aliphatic carbocycles. The maximum Gasteiger partial charge on any atom is 0.104 e. The van der Waals surface area contributed by atoms with Crippen LogP contribution < -0.4 is 5.73 Å². The van der Waals surface area contributed by atoms with Gasteiger partial charge in [0.05, 0.1) is 5.69 Å². The Hall–Kier alpha value is -1.19. The van der Waals surface area contributed by atoms with Crippen LogP contribution in [0.1, 0.15) is 54.8 Å². The summed E-state index contributed by atoms with van der Waals surface area (Å²) in [5.74, 6) is 0. The van der Waals surface area contributed by atoms with Gasteiger partial charge < -0.3 is 5.73 Å². The van der Waals surface area contributed by atoms with Crippen molar-refractivity contribution >= 4 is 11.3 Å². The van der Waals surface area contributed by atoms with Gasteiger partial charge in [-0.25, -0.2) is 4.98 Å². The first-order valence-electron chi connectivity index (χ1n) is 7.24. The lowest BCUT2D eigenvalue weighted by Crippen LogP contribution is -2.16. The molecule has 0 amide bonds. The van der Waals surface area contributed by atoms with E-state index in [2.05, 4.69) is 51.1 Å². The molecule has 0 spiro atoms. The van der Waals surface area contributed by atoms with Gasteiger partial charge in [-0.1, -0.05) is 51.1 Å². The van der Waals surface area contributed by atoms with Crippen LogP contribution in [0.2, 0.25) is 0 Å². The van der Waals surface area contributed by atoms with Crippen molar-refractivity contribution in [3.8, 4) is 0 Å². The molecule has 20 heavy (non-hydrogen) atoms. The summed E-state index contributed by atoms with van der Waals surface area (Å²) in [4.78, 5) is 6.25. The Kier molecular flexibility index (Phi) is 3.22. The van der Waals surface area contributed by atoms with Crippen LogP contribution in [-0.4, -0.2) is 4.98 Å². The molecule has 0 atom stereocenters. The summed E-state index contributed by atoms with van der Waals surface area (Å²) in [5.41, 5.74) is 8.75. The largest absolute Gasteiger partial charge is 0.326 e. The first-order chi connectivity index (χ1) is 9.47. The molecule has 0 bridgehead atoms. The van der Waals surface area contributed by atoms with Crippen molar-refractivity contribution in [3.05, 3.63) is 51.5 Å². The first kappa shape index (κ1) is 13.8. The molecular weight excluding hydrogens is 264 g/mol. The summed E-state index contributed by atoms with van der Waals surface area (Å²) >= 11 is 1.81. The molecule has 2 N–H and O–H groups in total. The Balaban J connectivity index is 2.06. The van der Waals surface area contributed by atoms with Crippen LogP contribution in [0.5, 0.6) is 0 Å². The lowest BCUT2D eigenvalue weighted by Gasteiger charge is -2.17. The summed E-state index contributed by atoms with van der Waals surface area (Å²) in [6, 6.07) is 10.8. The Bertz CT molecular complexity index is 604. The quantitative estimate of drug-likeness (QED) is 0.927. The van der Waals surface area contributed by atoms with Crippen molar-refractivity contribution in [2.75, 3.05) is 0 Å². The molecular formula is C17H22N2S. The first-order valence-corrected chi connectivity index (χ1v) is 8.05. The maximum absolute atomic E-state index is 5.93. The fourth-order valence-corrected chi connectivity index (χ4v) is 4.21. The minimum Gasteiger partial charge on any atom is -0.326 e. The third kappa shape index (κ3) is 2.19. The van der Waals surface area contributed by atoms with Gasteiger partial charge in [0.2, 0.25) is 0 Å². The van der Waals surface area contributed by atoms with E-state index in [4.69, 9.17) is 10.7 Å². The van der Waals surface area contributed by atoms with Crippen molar-refractivity contribution < 1.29 is 0 Å². The highest BCUT2D eigenvalue weighted by Crippen LogP contribution is 2.55. The third-order valence-electron chi connectivity index (χ3n) is 4.08. The van der Waals surface area contributed by atoms with Crippen molar-refractivity contribution in [1.82, 2.24) is 4.98 Å². The number of rotatable bonds is 3. The normalized spacial score (nSPS) is 17.2. The van der Waals surface area contributed by atoms with E-state index < -0.39 is 0 Å². The Morgan fingerprint density at radius 1 is 1.20 bits per heavy atom. The van der Waals surface area contributed by atoms with Crippen LogP contribution in [0.4, 0.5) is 0 Å². The zero-order valence-electron chi connectivity index (χ0n) is 12.4. The van der Waals surface area contributed by atoms with Gasteiger partial charge in [0.25, 0.3) is 0 Å². The molecule has 106 valence electrons. The van der Waals surface area contributed by atoms with E-state index in [1.54, 1.807) is 0 Å². The van der Waals surface area contributed by atoms with E-state index in [0.29, 0.717) is 6.54 Å². The number of benzene rings is 1. The van der Waals surface area contributed by atoms with E-state index in [1.165, 1.54) is 34.0 Å². The number of aromatic nitrogens is 1. The summed E-state index contributed by atoms with van der Waals surface area (Å²) in [5, 5.41) is 1.26. The van der Waals surface area contributed by atoms with Crippen LogP contribution in [0.25, 0.3) is 0 Å². The van der Waals surface area contributed by atoms with E-state index >= 15 is 0 Å². The molecule has 1 aromatic heterocycles. The Morgan fingerprint density at radius 3 is 2.30 bits per heavy atom. The van der Waals surface area contributed by atoms with Gasteiger partial charge in [0.15, 0.2) is 0 Å². The third-order valence-corrected chi connectivity index (χ3v) is 5.36. The standard InChI is InChI=1S/C17H22N2S/c1-16(2,3)14-13(11-18)20-15(19-14)17(9-10-17)12-7-5-4-6-8-12/h4-8H,9-11,18H2,1-3H3. The molecule has 1 fully saturated rings. The minimum atomic E-state index is 0.0657. The topological polar surface area (TPSA) is 38.9 Å². The van der Waals surface area contributed by atoms with Crippen molar-refractivity contribution in [3.63, 3.8) is 0 Å². The van der Waals surface area contributed by atoms with Crippen LogP contribution >= 0.6 is 11.3 Å². The highest BCUT2D eigenvalue weighted by Gasteiger charge is 2.49. The molecule has 1 aromatic carbocycles. The van der Waals surface area contributed by atoms with Crippen LogP contribution in [0.3, 0.4) is 0 Å². The summed E-state index contributed by atoms with van der Waals surface area (Å²) in [6.45, 7) is 7.24. The Labute approximate surface area is 125 Å². The lowest BCUT2D eigenvalue weighted by atomic mass is 9.91. The smallest absolute Gasteiger partial charge is 0.104 e. The van der Waals surface area contributed by atoms with Gasteiger partial charge >= 0.3 is 0 Å². The number of hydrogen-bond donors (Lipinski definition) is 1. The van der Waals surface area contributed by atoms with Gasteiger partial charge in [-0.2, -0.15) is 0 Å². The maximum atomic E-state index is 5.93. The molecule has 2 nitrogen and oxygen atoms in total. The molecule has 0 aliphatic heterocycles. The second kappa shape index (κ2) is 4.68. The average Bonchev–Trinajstić information content (AvgIpc) is 3.11. The molecule has 3 rings (SSSR count). The van der Waals surface area contributed by atoms with Crippen LogP contribution in [-0.2, 0) is 17.4 Å². The van der Waals surface area contributed by atoms with Gasteiger partial charge in [-0.3, -0.25) is 0 Å². The monoisotopic (exact) mass is 286 g/mol. The van der Waals surface area contributed by atoms with Crippen LogP contribution in [0.15, 0.2) is 30.3 Å². The van der Waals surface area contributed by atoms with Gasteiger partial charge in [0.1, 0.15) is 5.01 Å². The minimum absolute atomic E-state index is 0.0657. The summed E-state index contributed by atoms with van der Waals surface area (Å²) in [6.07, 6.45) is 2.41. The van der Waals surface area contributed by atoms with Gasteiger partial charge in [-0.15, -0.1) is 11.3 Å². The number of thiazole rings is 1. The number of nitrogens with zero attached hydrogens (tertiary/aromatic N) is 1. The fourth-order valence-electron chi connectivity index (χ4n) is 2.79. The number of nitrogens with two attached hydrogens (primary N) is 1. The van der Waals surface area contributed by atoms with Crippen LogP contribution in [0, 0.1) is 0 Å². The predicted molar refractivity (Wildman–Crippen MR) is 85.2 cm³/mol. The zero-order chi connectivity index (χ0) is 14.4. The van der Waals surface area contributed by atoms with E-state index in [0.717, 1.165) is 0 Å². The number of hydrogen-bond acceptors (Lipinski definition) is 3. The van der Waals surface area contributed by atoms with Gasteiger partial charge in [0, 0.05) is 22.3 Å². The molecule has 3 heteroatoms. The zero-order valence-corrected chi connectivity index (χ0v) is 13.3. The molecule has 0 saturated heterocycles. The average molecular weight is 286 g/mol. The molecule has 1 saturated carbocycles. The Morgan fingerprint density at radius 2 is 1.85 bits per heavy atom. The van der Waals surface area contributed by atoms with E-state index in [-0.39, 0.29) is 10.8 Å². The SMILES string of the molecule is CC(C)(C)c1nc(C2(c3ccccc3)CC2)sc1CN. The lowest BCUT2D eigenvalue weighted by molar-refractivity contribution is 0.562. The second-order valence-electron chi connectivity index (χ2n) is 6.69. The summed E-state index contributed by atoms with van der Waals surface area (Å²) in [7, 11) is 0. The fraction of sp³-hybridized carbons (Fsp3) is 0.471. The van der Waals surface area contributed by atoms with Crippen molar-refractivity contribution in [2.24, 2.45) is 5.73 Å². The molecule has 1 heterocycles. The second-order valence-corrected chi connectivity index (χ2v) is 7.78. The molecule has 0 unspecified atom stereocenters. The van der Waals surface area contributed by atoms with E-state index in [1.807, 2.05) is 11.3 Å². The highest BCUT2D eigenvalue weighted by molar-refractivity contribution is 7.12. The van der Waals surface area contributed by atoms with Gasteiger partial charge in [-0.05, 0) is 18.4 Å². The predicted octanol–water partition coefficient (Wildman–Crippen LogP) is 3.98. The summed E-state index contributed by atoms with van der Waals surface area (Å²) < 4.78 is 0. The van der Waals surface area contributed by atoms with Crippen molar-refractivity contribution in [1.29, 1.82) is 0 Å². The molecule has 0 radical (unpaired) electrons. The van der Waals surface area contributed by atoms with Crippen molar-refractivity contribution in [2.45, 2.75) is 51.0 Å². The highest BCUT2D eigenvalue weighted by atomic mass is 32.1. The molecule has 1 aliphatic rings.